The highest BCUT2D eigenvalue weighted by Crippen LogP contribution is 2.24. The first kappa shape index (κ1) is 23.3. The molecule has 1 unspecified atom stereocenters. The third kappa shape index (κ3) is 6.80. The minimum atomic E-state index is -0.941. The summed E-state index contributed by atoms with van der Waals surface area (Å²) in [5.41, 5.74) is 2.19. The molecule has 29 heavy (non-hydrogen) atoms. The Morgan fingerprint density at radius 1 is 1.14 bits per heavy atom. The number of guanidine groups is 1. The zero-order valence-corrected chi connectivity index (χ0v) is 19.8. The zero-order chi connectivity index (χ0) is 19.8. The number of aromatic nitrogens is 1. The van der Waals surface area contributed by atoms with Crippen LogP contribution in [0.2, 0.25) is 0 Å². The summed E-state index contributed by atoms with van der Waals surface area (Å²) >= 11 is 1.55. The number of aliphatic imine (C=N–C) groups is 1. The molecule has 0 saturated heterocycles. The molecule has 0 aliphatic carbocycles. The van der Waals surface area contributed by atoms with Gasteiger partial charge in [0.05, 0.1) is 18.8 Å². The van der Waals surface area contributed by atoms with Crippen LogP contribution >= 0.6 is 35.3 Å². The maximum atomic E-state index is 10.7. The van der Waals surface area contributed by atoms with Gasteiger partial charge in [-0.1, -0.05) is 30.3 Å². The second-order valence-electron chi connectivity index (χ2n) is 6.72. The SMILES string of the molecule is CCNC(=NCc1cccc(-c2ccccn2)c1)NCC(C)(O)c1cccs1.I. The van der Waals surface area contributed by atoms with Crippen LogP contribution in [0.4, 0.5) is 0 Å². The molecule has 0 fully saturated rings. The molecule has 3 N–H and O–H groups in total. The van der Waals surface area contributed by atoms with E-state index in [9.17, 15) is 5.11 Å². The molecule has 5 nitrogen and oxygen atoms in total. The van der Waals surface area contributed by atoms with E-state index in [-0.39, 0.29) is 24.0 Å². The molecule has 2 heterocycles. The molecule has 3 rings (SSSR count). The summed E-state index contributed by atoms with van der Waals surface area (Å²) in [5, 5.41) is 19.2. The van der Waals surface area contributed by atoms with Crippen LogP contribution in [0.15, 0.2) is 71.2 Å². The number of rotatable bonds is 7. The van der Waals surface area contributed by atoms with Crippen molar-refractivity contribution in [3.8, 4) is 11.3 Å². The van der Waals surface area contributed by atoms with Crippen LogP contribution in [0, 0.1) is 0 Å². The van der Waals surface area contributed by atoms with Crippen LogP contribution in [0.25, 0.3) is 11.3 Å². The normalized spacial score (nSPS) is 13.3. The van der Waals surface area contributed by atoms with Gasteiger partial charge in [0.15, 0.2) is 5.96 Å². The first-order chi connectivity index (χ1) is 13.6. The molecule has 0 aliphatic heterocycles. The number of hydrogen-bond acceptors (Lipinski definition) is 4. The molecule has 1 atom stereocenters. The fourth-order valence-corrected chi connectivity index (χ4v) is 3.59. The van der Waals surface area contributed by atoms with E-state index in [0.717, 1.165) is 28.2 Å². The average Bonchev–Trinajstić information content (AvgIpc) is 3.27. The van der Waals surface area contributed by atoms with E-state index >= 15 is 0 Å². The third-order valence-corrected chi connectivity index (χ3v) is 5.43. The number of benzene rings is 1. The summed E-state index contributed by atoms with van der Waals surface area (Å²) < 4.78 is 0. The quantitative estimate of drug-likeness (QED) is 0.245. The monoisotopic (exact) mass is 522 g/mol. The van der Waals surface area contributed by atoms with Crippen molar-refractivity contribution in [2.75, 3.05) is 13.1 Å². The number of nitrogens with zero attached hydrogens (tertiary/aromatic N) is 2. The van der Waals surface area contributed by atoms with Gasteiger partial charge in [0.1, 0.15) is 5.60 Å². The maximum Gasteiger partial charge on any atom is 0.191 e. The van der Waals surface area contributed by atoms with Crippen LogP contribution in [0.1, 0.15) is 24.3 Å². The Kier molecular flexibility index (Phi) is 9.06. The second-order valence-corrected chi connectivity index (χ2v) is 7.66. The van der Waals surface area contributed by atoms with Gasteiger partial charge in [-0.2, -0.15) is 0 Å². The fourth-order valence-electron chi connectivity index (χ4n) is 2.80. The fraction of sp³-hybridized carbons (Fsp3) is 0.273. The number of aliphatic hydroxyl groups is 1. The molecule has 7 heteroatoms. The van der Waals surface area contributed by atoms with E-state index in [0.29, 0.717) is 19.0 Å². The summed E-state index contributed by atoms with van der Waals surface area (Å²) in [4.78, 5) is 10.0. The van der Waals surface area contributed by atoms with Gasteiger partial charge in [0, 0.05) is 23.2 Å². The highest BCUT2D eigenvalue weighted by molar-refractivity contribution is 14.0. The Hall–Kier alpha value is -1.97. The van der Waals surface area contributed by atoms with Crippen LogP contribution < -0.4 is 10.6 Å². The van der Waals surface area contributed by atoms with Gasteiger partial charge in [-0.05, 0) is 49.1 Å². The number of thiophene rings is 1. The van der Waals surface area contributed by atoms with Gasteiger partial charge >= 0.3 is 0 Å². The number of hydrogen-bond donors (Lipinski definition) is 3. The average molecular weight is 522 g/mol. The van der Waals surface area contributed by atoms with Gasteiger partial charge in [-0.25, -0.2) is 4.99 Å². The highest BCUT2D eigenvalue weighted by Gasteiger charge is 2.24. The van der Waals surface area contributed by atoms with Crippen molar-refractivity contribution in [3.05, 3.63) is 76.6 Å². The summed E-state index contributed by atoms with van der Waals surface area (Å²) in [5.74, 6) is 0.683. The lowest BCUT2D eigenvalue weighted by atomic mass is 10.1. The first-order valence-corrected chi connectivity index (χ1v) is 10.3. The van der Waals surface area contributed by atoms with E-state index in [1.807, 2.05) is 55.6 Å². The summed E-state index contributed by atoms with van der Waals surface area (Å²) in [6.07, 6.45) is 1.80. The summed E-state index contributed by atoms with van der Waals surface area (Å²) in [6.45, 7) is 5.51. The Balaban J connectivity index is 0.00000300. The number of halogens is 1. The van der Waals surface area contributed by atoms with E-state index in [4.69, 9.17) is 0 Å². The molecule has 2 aromatic heterocycles. The van der Waals surface area contributed by atoms with Crippen LogP contribution in [-0.2, 0) is 12.1 Å². The predicted molar refractivity (Wildman–Crippen MR) is 132 cm³/mol. The minimum Gasteiger partial charge on any atom is -0.383 e. The van der Waals surface area contributed by atoms with Gasteiger partial charge in [-0.3, -0.25) is 4.98 Å². The maximum absolute atomic E-state index is 10.7. The first-order valence-electron chi connectivity index (χ1n) is 9.37. The molecule has 154 valence electrons. The molecule has 0 aliphatic rings. The number of pyridine rings is 1. The lowest BCUT2D eigenvalue weighted by Crippen LogP contribution is -2.44. The molecule has 0 bridgehead atoms. The Labute approximate surface area is 193 Å². The second kappa shape index (κ2) is 11.3. The summed E-state index contributed by atoms with van der Waals surface area (Å²) in [6, 6.07) is 18.0. The lowest BCUT2D eigenvalue weighted by molar-refractivity contribution is 0.0655. The van der Waals surface area contributed by atoms with Crippen molar-refractivity contribution in [3.63, 3.8) is 0 Å². The largest absolute Gasteiger partial charge is 0.383 e. The van der Waals surface area contributed by atoms with Crippen molar-refractivity contribution in [2.45, 2.75) is 26.0 Å². The Morgan fingerprint density at radius 3 is 2.69 bits per heavy atom. The zero-order valence-electron chi connectivity index (χ0n) is 16.6. The van der Waals surface area contributed by atoms with Gasteiger partial charge in [0.2, 0.25) is 0 Å². The van der Waals surface area contributed by atoms with Gasteiger partial charge in [0.25, 0.3) is 0 Å². The molecule has 0 spiro atoms. The number of nitrogens with one attached hydrogen (secondary N) is 2. The third-order valence-electron chi connectivity index (χ3n) is 4.30. The molecule has 0 amide bonds. The van der Waals surface area contributed by atoms with Crippen LogP contribution in [-0.4, -0.2) is 29.1 Å². The van der Waals surface area contributed by atoms with E-state index in [1.54, 1.807) is 17.5 Å². The van der Waals surface area contributed by atoms with Crippen molar-refractivity contribution >= 4 is 41.3 Å². The molecule has 1 aromatic carbocycles. The molecule has 3 aromatic rings. The van der Waals surface area contributed by atoms with Crippen molar-refractivity contribution < 1.29 is 5.11 Å². The van der Waals surface area contributed by atoms with Gasteiger partial charge in [-0.15, -0.1) is 35.3 Å². The molecular formula is C22H27IN4OS. The van der Waals surface area contributed by atoms with Gasteiger partial charge < -0.3 is 15.7 Å². The van der Waals surface area contributed by atoms with E-state index < -0.39 is 5.60 Å². The van der Waals surface area contributed by atoms with E-state index in [2.05, 4.69) is 38.8 Å². The van der Waals surface area contributed by atoms with Crippen LogP contribution in [0.5, 0.6) is 0 Å². The highest BCUT2D eigenvalue weighted by atomic mass is 127. The topological polar surface area (TPSA) is 69.5 Å². The smallest absolute Gasteiger partial charge is 0.191 e. The minimum absolute atomic E-state index is 0. The molecule has 0 radical (unpaired) electrons. The van der Waals surface area contributed by atoms with E-state index in [1.165, 1.54) is 0 Å². The molecule has 0 saturated carbocycles. The summed E-state index contributed by atoms with van der Waals surface area (Å²) in [7, 11) is 0. The standard InChI is InChI=1S/C22H26N4OS.HI/c1-3-23-21(26-16-22(2,27)20-11-7-13-28-20)25-15-17-8-6-9-18(14-17)19-10-4-5-12-24-19;/h4-14,27H,3,15-16H2,1-2H3,(H2,23,25,26);1H. The van der Waals surface area contributed by atoms with Crippen LogP contribution in [0.3, 0.4) is 0 Å². The predicted octanol–water partition coefficient (Wildman–Crippen LogP) is 4.39. The van der Waals surface area contributed by atoms with Crippen molar-refractivity contribution in [1.82, 2.24) is 15.6 Å². The Morgan fingerprint density at radius 2 is 2.00 bits per heavy atom. The van der Waals surface area contributed by atoms with Crippen molar-refractivity contribution in [1.29, 1.82) is 0 Å². The Bertz CT molecular complexity index is 898. The lowest BCUT2D eigenvalue weighted by Gasteiger charge is -2.23. The van der Waals surface area contributed by atoms with Crippen molar-refractivity contribution in [2.24, 2.45) is 4.99 Å². The molecular weight excluding hydrogens is 495 g/mol.